The van der Waals surface area contributed by atoms with Crippen LogP contribution in [-0.2, 0) is 20.8 Å². The van der Waals surface area contributed by atoms with E-state index in [0.717, 1.165) is 44.5 Å². The average Bonchev–Trinajstić information content (AvgIpc) is 3.52. The molecule has 1 aromatic heterocycles. The van der Waals surface area contributed by atoms with Crippen LogP contribution in [0.3, 0.4) is 0 Å². The lowest BCUT2D eigenvalue weighted by Crippen LogP contribution is -2.54. The van der Waals surface area contributed by atoms with E-state index < -0.39 is 12.0 Å². The highest BCUT2D eigenvalue weighted by Gasteiger charge is 2.41. The average molecular weight is 466 g/mol. The molecule has 2 fully saturated rings. The minimum Gasteiger partial charge on any atom is -0.480 e. The quantitative estimate of drug-likeness (QED) is 0.452. The van der Waals surface area contributed by atoms with Gasteiger partial charge in [0.25, 0.3) is 0 Å². The third-order valence-electron chi connectivity index (χ3n) is 6.68. The van der Waals surface area contributed by atoms with E-state index in [9.17, 15) is 19.5 Å². The van der Waals surface area contributed by atoms with E-state index in [2.05, 4.69) is 27.1 Å². The minimum atomic E-state index is -0.989. The number of thioether (sulfide) groups is 1. The van der Waals surface area contributed by atoms with Crippen LogP contribution in [-0.4, -0.2) is 92.4 Å². The van der Waals surface area contributed by atoms with Crippen LogP contribution in [0.15, 0.2) is 12.5 Å². The Labute approximate surface area is 193 Å². The minimum absolute atomic E-state index is 0.0723. The number of hydrogen-bond donors (Lipinski definition) is 3. The number of carboxylic acids is 1. The van der Waals surface area contributed by atoms with Gasteiger partial charge in [-0.15, -0.1) is 0 Å². The summed E-state index contributed by atoms with van der Waals surface area (Å²) in [6.07, 6.45) is 9.53. The van der Waals surface area contributed by atoms with Crippen molar-refractivity contribution in [2.75, 3.05) is 31.6 Å². The van der Waals surface area contributed by atoms with Crippen molar-refractivity contribution < 1.29 is 19.5 Å². The molecule has 0 radical (unpaired) electrons. The standard InChI is InChI=1S/C22H35N5O4S/c1-3-15-6-9-26(20(15)21(29)25-18(22(30)31)7-10-32-2)13-17-5-4-8-27(17)19(28)11-16-12-23-14-24-16/h12,14-15,17-18,20H,3-11,13H2,1-2H3,(H,23,24)(H,25,29)(H,30,31)/t15-,17?,18-,20-/m0/s1. The van der Waals surface area contributed by atoms with Gasteiger partial charge in [-0.2, -0.15) is 11.8 Å². The second kappa shape index (κ2) is 11.7. The molecule has 0 aromatic carbocycles. The number of amides is 2. The third-order valence-corrected chi connectivity index (χ3v) is 7.33. The summed E-state index contributed by atoms with van der Waals surface area (Å²) in [4.78, 5) is 48.8. The van der Waals surface area contributed by atoms with Gasteiger partial charge in [-0.25, -0.2) is 9.78 Å². The molecular weight excluding hydrogens is 430 g/mol. The maximum absolute atomic E-state index is 13.2. The van der Waals surface area contributed by atoms with Gasteiger partial charge in [-0.1, -0.05) is 13.3 Å². The second-order valence-corrected chi connectivity index (χ2v) is 9.70. The topological polar surface area (TPSA) is 119 Å². The molecule has 1 aromatic rings. The van der Waals surface area contributed by atoms with Gasteiger partial charge in [0.2, 0.25) is 11.8 Å². The van der Waals surface area contributed by atoms with Crippen LogP contribution in [0, 0.1) is 5.92 Å². The normalized spacial score (nSPS) is 24.6. The number of nitrogens with zero attached hydrogens (tertiary/aromatic N) is 3. The maximum atomic E-state index is 13.2. The number of aliphatic carboxylic acids is 1. The lowest BCUT2D eigenvalue weighted by molar-refractivity contribution is -0.143. The molecule has 3 heterocycles. The summed E-state index contributed by atoms with van der Waals surface area (Å²) < 4.78 is 0. The lowest BCUT2D eigenvalue weighted by Gasteiger charge is -2.33. The molecule has 1 unspecified atom stereocenters. The number of imidazole rings is 1. The first-order valence-corrected chi connectivity index (χ1v) is 12.9. The Hall–Kier alpha value is -2.07. The Morgan fingerprint density at radius 3 is 2.81 bits per heavy atom. The van der Waals surface area contributed by atoms with Crippen LogP contribution in [0.2, 0.25) is 0 Å². The van der Waals surface area contributed by atoms with Crippen molar-refractivity contribution in [3.63, 3.8) is 0 Å². The van der Waals surface area contributed by atoms with Gasteiger partial charge in [-0.05, 0) is 50.2 Å². The van der Waals surface area contributed by atoms with E-state index in [1.54, 1.807) is 24.3 Å². The highest BCUT2D eigenvalue weighted by atomic mass is 32.2. The first kappa shape index (κ1) is 24.6. The number of carboxylic acid groups (broad SMARTS) is 1. The van der Waals surface area contributed by atoms with Crippen molar-refractivity contribution in [3.8, 4) is 0 Å². The number of carbonyl (C=O) groups excluding carboxylic acids is 2. The van der Waals surface area contributed by atoms with Crippen LogP contribution in [0.4, 0.5) is 0 Å². The second-order valence-electron chi connectivity index (χ2n) is 8.71. The number of H-pyrrole nitrogens is 1. The molecule has 3 rings (SSSR count). The molecule has 0 bridgehead atoms. The Kier molecular flexibility index (Phi) is 8.98. The Morgan fingerprint density at radius 2 is 2.16 bits per heavy atom. The molecule has 2 amide bonds. The van der Waals surface area contributed by atoms with E-state index in [1.165, 1.54) is 0 Å². The van der Waals surface area contributed by atoms with Gasteiger partial charge in [-0.3, -0.25) is 14.5 Å². The van der Waals surface area contributed by atoms with E-state index in [-0.39, 0.29) is 29.8 Å². The lowest BCUT2D eigenvalue weighted by atomic mass is 9.96. The molecular formula is C22H35N5O4S. The van der Waals surface area contributed by atoms with Gasteiger partial charge in [0.15, 0.2) is 0 Å². The van der Waals surface area contributed by atoms with Crippen molar-refractivity contribution in [3.05, 3.63) is 18.2 Å². The molecule has 2 aliphatic heterocycles. The Balaban J connectivity index is 1.65. The van der Waals surface area contributed by atoms with E-state index in [4.69, 9.17) is 0 Å². The molecule has 0 aliphatic carbocycles. The van der Waals surface area contributed by atoms with Gasteiger partial charge in [0, 0.05) is 31.0 Å². The molecule has 32 heavy (non-hydrogen) atoms. The van der Waals surface area contributed by atoms with Crippen molar-refractivity contribution in [2.24, 2.45) is 5.92 Å². The predicted molar refractivity (Wildman–Crippen MR) is 123 cm³/mol. The fraction of sp³-hybridized carbons (Fsp3) is 0.727. The molecule has 178 valence electrons. The first-order valence-electron chi connectivity index (χ1n) is 11.5. The summed E-state index contributed by atoms with van der Waals surface area (Å²) in [5, 5.41) is 12.3. The zero-order chi connectivity index (χ0) is 23.1. The van der Waals surface area contributed by atoms with Gasteiger partial charge >= 0.3 is 5.97 Å². The van der Waals surface area contributed by atoms with Gasteiger partial charge in [0.05, 0.1) is 18.8 Å². The zero-order valence-corrected chi connectivity index (χ0v) is 19.8. The van der Waals surface area contributed by atoms with Crippen LogP contribution >= 0.6 is 11.8 Å². The number of aromatic amines is 1. The molecule has 4 atom stereocenters. The van der Waals surface area contributed by atoms with Crippen LogP contribution in [0.1, 0.15) is 44.7 Å². The van der Waals surface area contributed by atoms with E-state index in [0.29, 0.717) is 25.1 Å². The monoisotopic (exact) mass is 465 g/mol. The highest BCUT2D eigenvalue weighted by Crippen LogP contribution is 2.30. The number of likely N-dealkylation sites (tertiary alicyclic amines) is 2. The third kappa shape index (κ3) is 6.04. The van der Waals surface area contributed by atoms with Crippen molar-refractivity contribution in [1.29, 1.82) is 0 Å². The zero-order valence-electron chi connectivity index (χ0n) is 19.0. The first-order chi connectivity index (χ1) is 15.4. The van der Waals surface area contributed by atoms with Crippen molar-refractivity contribution in [2.45, 2.75) is 63.6 Å². The van der Waals surface area contributed by atoms with Crippen LogP contribution in [0.5, 0.6) is 0 Å². The molecule has 0 saturated carbocycles. The predicted octanol–water partition coefficient (Wildman–Crippen LogP) is 1.37. The number of nitrogens with one attached hydrogen (secondary N) is 2. The summed E-state index contributed by atoms with van der Waals surface area (Å²) in [5.41, 5.74) is 0.801. The summed E-state index contributed by atoms with van der Waals surface area (Å²) in [6, 6.07) is -1.14. The van der Waals surface area contributed by atoms with Crippen molar-refractivity contribution >= 4 is 29.5 Å². The Bertz CT molecular complexity index is 774. The highest BCUT2D eigenvalue weighted by molar-refractivity contribution is 7.98. The van der Waals surface area contributed by atoms with E-state index >= 15 is 0 Å². The number of aromatic nitrogens is 2. The molecule has 3 N–H and O–H groups in total. The van der Waals surface area contributed by atoms with Gasteiger partial charge in [0.1, 0.15) is 6.04 Å². The molecule has 2 aliphatic rings. The molecule has 10 heteroatoms. The SMILES string of the molecule is CC[C@H]1CCN(CC2CCCN2C(=O)Cc2cnc[nH]2)[C@@H]1C(=O)N[C@@H](CCSC)C(=O)O. The number of hydrogen-bond acceptors (Lipinski definition) is 6. The van der Waals surface area contributed by atoms with Crippen LogP contribution < -0.4 is 5.32 Å². The molecule has 2 saturated heterocycles. The fourth-order valence-electron chi connectivity index (χ4n) is 4.96. The van der Waals surface area contributed by atoms with Crippen molar-refractivity contribution in [1.82, 2.24) is 25.1 Å². The fourth-order valence-corrected chi connectivity index (χ4v) is 5.43. The Morgan fingerprint density at radius 1 is 1.34 bits per heavy atom. The summed E-state index contributed by atoms with van der Waals surface area (Å²) in [7, 11) is 0. The summed E-state index contributed by atoms with van der Waals surface area (Å²) in [5.74, 6) is -0.238. The maximum Gasteiger partial charge on any atom is 0.326 e. The summed E-state index contributed by atoms with van der Waals surface area (Å²) in [6.45, 7) is 4.24. The number of rotatable bonds is 11. The van der Waals surface area contributed by atoms with Gasteiger partial charge < -0.3 is 20.3 Å². The number of carbonyl (C=O) groups is 3. The van der Waals surface area contributed by atoms with E-state index in [1.807, 2.05) is 11.2 Å². The molecule has 9 nitrogen and oxygen atoms in total. The summed E-state index contributed by atoms with van der Waals surface area (Å²) >= 11 is 1.57. The largest absolute Gasteiger partial charge is 0.480 e. The molecule has 0 spiro atoms. The van der Waals surface area contributed by atoms with Crippen LogP contribution in [0.25, 0.3) is 0 Å². The smallest absolute Gasteiger partial charge is 0.326 e.